The summed E-state index contributed by atoms with van der Waals surface area (Å²) in [6, 6.07) is 53.0. The molecule has 6 aromatic heterocycles. The quantitative estimate of drug-likeness (QED) is 0.0914. The molecule has 0 radical (unpaired) electrons. The fourth-order valence-corrected chi connectivity index (χ4v) is 10.6. The third-order valence-corrected chi connectivity index (χ3v) is 14.6. The van der Waals surface area contributed by atoms with Crippen LogP contribution >= 0.6 is 22.7 Å². The first-order valence-electron chi connectivity index (χ1n) is 24.7. The molecular formula is C62H51N7O5S2. The van der Waals surface area contributed by atoms with Crippen LogP contribution in [0.15, 0.2) is 213 Å². The third-order valence-electron chi connectivity index (χ3n) is 12.3. The van der Waals surface area contributed by atoms with Crippen LogP contribution in [0.3, 0.4) is 0 Å². The first-order chi connectivity index (χ1) is 37.2. The number of pyridine rings is 4. The molecule has 76 heavy (non-hydrogen) atoms. The molecule has 0 bridgehead atoms. The van der Waals surface area contributed by atoms with Crippen LogP contribution in [0.2, 0.25) is 0 Å². The number of aliphatic hydroxyl groups is 1. The van der Waals surface area contributed by atoms with Crippen molar-refractivity contribution in [1.82, 2.24) is 29.9 Å². The first-order valence-corrected chi connectivity index (χ1v) is 26.3. The Morgan fingerprint density at radius 2 is 1.00 bits per heavy atom. The summed E-state index contributed by atoms with van der Waals surface area (Å²) in [5.74, 6) is -0.634. The van der Waals surface area contributed by atoms with E-state index in [-0.39, 0.29) is 29.5 Å². The number of Topliss-reactive ketones (excluding diaryl/α,β-unsaturated/α-hetero) is 3. The molecule has 0 aliphatic carbocycles. The van der Waals surface area contributed by atoms with Gasteiger partial charge in [0.05, 0.1) is 33.3 Å². The van der Waals surface area contributed by atoms with E-state index in [9.17, 15) is 24.3 Å². The topological polar surface area (TPSA) is 169 Å². The Morgan fingerprint density at radius 3 is 1.50 bits per heavy atom. The lowest BCUT2D eigenvalue weighted by Gasteiger charge is -2.22. The van der Waals surface area contributed by atoms with Crippen LogP contribution in [-0.4, -0.2) is 64.8 Å². The summed E-state index contributed by atoms with van der Waals surface area (Å²) in [6.45, 7) is 2.58. The van der Waals surface area contributed by atoms with Gasteiger partial charge in [0.15, 0.2) is 23.0 Å². The number of ketones is 3. The summed E-state index contributed by atoms with van der Waals surface area (Å²) in [5.41, 5.74) is 6.67. The zero-order chi connectivity index (χ0) is 52.7. The molecule has 12 nitrogen and oxygen atoms in total. The fraction of sp³-hybridized carbons (Fsp3) is 0.129. The van der Waals surface area contributed by atoms with E-state index in [0.29, 0.717) is 46.1 Å². The summed E-state index contributed by atoms with van der Waals surface area (Å²) in [4.78, 5) is 80.3. The van der Waals surface area contributed by atoms with Gasteiger partial charge in [-0.25, -0.2) is 9.97 Å². The summed E-state index contributed by atoms with van der Waals surface area (Å²) in [6.07, 6.45) is 14.2. The summed E-state index contributed by atoms with van der Waals surface area (Å²) in [7, 11) is 0. The molecule has 0 saturated carbocycles. The zero-order valence-corrected chi connectivity index (χ0v) is 43.1. The number of nitrogens with zero attached hydrogens (tertiary/aromatic N) is 7. The van der Waals surface area contributed by atoms with Crippen LogP contribution in [0.5, 0.6) is 0 Å². The van der Waals surface area contributed by atoms with Crippen LogP contribution in [0.4, 0.5) is 5.69 Å². The predicted molar refractivity (Wildman–Crippen MR) is 299 cm³/mol. The van der Waals surface area contributed by atoms with Gasteiger partial charge in [-0.05, 0) is 72.1 Å². The van der Waals surface area contributed by atoms with Crippen LogP contribution in [0.1, 0.15) is 72.7 Å². The first kappa shape index (κ1) is 52.1. The maximum Gasteiger partial charge on any atom is 0.264 e. The monoisotopic (exact) mass is 1040 g/mol. The van der Waals surface area contributed by atoms with Crippen molar-refractivity contribution in [2.24, 2.45) is 0 Å². The zero-order valence-electron chi connectivity index (χ0n) is 41.5. The van der Waals surface area contributed by atoms with Gasteiger partial charge in [-0.2, -0.15) is 0 Å². The maximum absolute atomic E-state index is 13.0. The van der Waals surface area contributed by atoms with Gasteiger partial charge in [0, 0.05) is 90.6 Å². The molecule has 0 fully saturated rings. The number of unbranched alkanes of at least 4 members (excludes halogenated alkanes) is 1. The van der Waals surface area contributed by atoms with Gasteiger partial charge < -0.3 is 10.0 Å². The van der Waals surface area contributed by atoms with E-state index in [1.54, 1.807) is 72.4 Å². The fourth-order valence-electron chi connectivity index (χ4n) is 8.52. The van der Waals surface area contributed by atoms with E-state index in [2.05, 4.69) is 19.9 Å². The number of para-hydroxylation sites is 1. The van der Waals surface area contributed by atoms with E-state index in [1.165, 1.54) is 28.9 Å². The van der Waals surface area contributed by atoms with Gasteiger partial charge in [0.25, 0.3) is 5.91 Å². The highest BCUT2D eigenvalue weighted by Gasteiger charge is 2.50. The summed E-state index contributed by atoms with van der Waals surface area (Å²) < 4.78 is 0. The minimum Gasteiger partial charge on any atom is -0.375 e. The molecular weight excluding hydrogens is 987 g/mol. The summed E-state index contributed by atoms with van der Waals surface area (Å²) >= 11 is 2.84. The van der Waals surface area contributed by atoms with Crippen molar-refractivity contribution in [3.63, 3.8) is 0 Å². The number of anilines is 1. The number of hydrogen-bond donors (Lipinski definition) is 1. The standard InChI is InChI=1S/C22H16N2OS.C21H15N3OS.C19H20N2O3/c25-19(14-16-8-3-1-4-9-16)21-20(17-10-5-2-6-11-17)24-22(26-21)18-12-7-13-23-15-18;25-18(12-15-6-2-1-3-7-15)20-19(16-8-4-10-22-13-16)24-21(26-20)17-9-5-11-23-14-17;1-2-3-12-21-16-10-5-4-8-14(16)19(24,18(21)23)13-17(22)15-9-6-7-11-20-15/h1-13,15H,14H2;1-11,13-14H,12H2;4-11,24H,2-3,12-13H2,1H3. The van der Waals surface area contributed by atoms with Crippen LogP contribution in [0.25, 0.3) is 43.7 Å². The normalized spacial score (nSPS) is 13.4. The number of hydrogen-bond acceptors (Lipinski definition) is 13. The number of thiazole rings is 2. The van der Waals surface area contributed by atoms with Crippen molar-refractivity contribution >= 4 is 51.6 Å². The molecule has 1 unspecified atom stereocenters. The van der Waals surface area contributed by atoms with Gasteiger partial charge in [-0.15, -0.1) is 22.7 Å². The molecule has 1 atom stereocenters. The average molecular weight is 1040 g/mol. The van der Waals surface area contributed by atoms with Crippen molar-refractivity contribution in [2.75, 3.05) is 11.4 Å². The average Bonchev–Trinajstić information content (AvgIpc) is 4.21. The predicted octanol–water partition coefficient (Wildman–Crippen LogP) is 12.7. The number of aromatic nitrogens is 6. The van der Waals surface area contributed by atoms with Crippen molar-refractivity contribution in [3.8, 4) is 43.7 Å². The van der Waals surface area contributed by atoms with Crippen LogP contribution in [0, 0.1) is 0 Å². The lowest BCUT2D eigenvalue weighted by atomic mass is 9.89. The van der Waals surface area contributed by atoms with Gasteiger partial charge in [0.1, 0.15) is 15.7 Å². The SMILES string of the molecule is CCCCN1C(=O)C(O)(CC(=O)c2ccccn2)c2ccccc21.O=C(Cc1ccccc1)c1sc(-c2cccnc2)nc1-c1ccccc1.O=C(Cc1ccccc1)c1sc(-c2cccnc2)nc1-c1cccnc1. The third kappa shape index (κ3) is 12.4. The van der Waals surface area contributed by atoms with E-state index < -0.39 is 11.5 Å². The van der Waals surface area contributed by atoms with Crippen molar-refractivity contribution in [2.45, 2.75) is 44.6 Å². The molecule has 1 aliphatic rings. The van der Waals surface area contributed by atoms with E-state index >= 15 is 0 Å². The number of amides is 1. The number of benzene rings is 4. The lowest BCUT2D eigenvalue weighted by molar-refractivity contribution is -0.135. The molecule has 10 aromatic rings. The smallest absolute Gasteiger partial charge is 0.264 e. The second-order valence-corrected chi connectivity index (χ2v) is 19.7. The molecule has 0 spiro atoms. The molecule has 1 amide bonds. The highest BCUT2D eigenvalue weighted by molar-refractivity contribution is 7.17. The maximum atomic E-state index is 13.0. The van der Waals surface area contributed by atoms with Crippen LogP contribution < -0.4 is 4.90 Å². The second kappa shape index (κ2) is 24.9. The Hall–Kier alpha value is -8.82. The summed E-state index contributed by atoms with van der Waals surface area (Å²) in [5, 5.41) is 12.7. The minimum atomic E-state index is -1.82. The Morgan fingerprint density at radius 1 is 0.526 bits per heavy atom. The molecule has 4 aromatic carbocycles. The second-order valence-electron chi connectivity index (χ2n) is 17.7. The molecule has 7 heterocycles. The van der Waals surface area contributed by atoms with Gasteiger partial charge in [-0.3, -0.25) is 39.1 Å². The molecule has 376 valence electrons. The lowest BCUT2D eigenvalue weighted by Crippen LogP contribution is -2.42. The minimum absolute atomic E-state index is 0.0580. The Balaban J connectivity index is 0.000000139. The molecule has 14 heteroatoms. The number of carbonyl (C=O) groups is 4. The Bertz CT molecular complexity index is 3360. The van der Waals surface area contributed by atoms with Crippen molar-refractivity contribution in [3.05, 3.63) is 245 Å². The van der Waals surface area contributed by atoms with Crippen molar-refractivity contribution in [1.29, 1.82) is 0 Å². The van der Waals surface area contributed by atoms with E-state index in [0.717, 1.165) is 61.9 Å². The number of fused-ring (bicyclic) bond motifs is 1. The van der Waals surface area contributed by atoms with Crippen LogP contribution in [-0.2, 0) is 23.2 Å². The Labute approximate surface area is 448 Å². The molecule has 0 saturated heterocycles. The van der Waals surface area contributed by atoms with Gasteiger partial charge in [-0.1, -0.05) is 129 Å². The molecule has 1 aliphatic heterocycles. The van der Waals surface area contributed by atoms with Crippen molar-refractivity contribution < 1.29 is 24.3 Å². The van der Waals surface area contributed by atoms with Gasteiger partial charge >= 0.3 is 0 Å². The highest BCUT2D eigenvalue weighted by atomic mass is 32.1. The Kier molecular flexibility index (Phi) is 17.1. The molecule has 11 rings (SSSR count). The molecule has 1 N–H and O–H groups in total. The largest absolute Gasteiger partial charge is 0.375 e. The highest BCUT2D eigenvalue weighted by Crippen LogP contribution is 2.43. The van der Waals surface area contributed by atoms with E-state index in [4.69, 9.17) is 9.97 Å². The number of rotatable bonds is 16. The number of carbonyl (C=O) groups excluding carboxylic acids is 4. The van der Waals surface area contributed by atoms with Gasteiger partial charge in [0.2, 0.25) is 0 Å². The van der Waals surface area contributed by atoms with E-state index in [1.807, 2.05) is 146 Å².